The van der Waals surface area contributed by atoms with Gasteiger partial charge in [-0.2, -0.15) is 5.10 Å². The van der Waals surface area contributed by atoms with Crippen LogP contribution in [0.4, 0.5) is 0 Å². The quantitative estimate of drug-likeness (QED) is 0.910. The van der Waals surface area contributed by atoms with Crippen LogP contribution >= 0.6 is 0 Å². The van der Waals surface area contributed by atoms with Gasteiger partial charge in [-0.25, -0.2) is 4.68 Å². The van der Waals surface area contributed by atoms with E-state index >= 15 is 0 Å². The lowest BCUT2D eigenvalue weighted by Gasteiger charge is -2.15. The van der Waals surface area contributed by atoms with Gasteiger partial charge in [0.25, 0.3) is 0 Å². The number of pyridine rings is 1. The minimum atomic E-state index is 0.452. The fraction of sp³-hybridized carbons (Fsp3) is 0.500. The highest BCUT2D eigenvalue weighted by molar-refractivity contribution is 5.37. The number of nitrogens with zero attached hydrogens (tertiary/aromatic N) is 3. The summed E-state index contributed by atoms with van der Waals surface area (Å²) in [4.78, 5) is 4.06. The summed E-state index contributed by atoms with van der Waals surface area (Å²) in [5.74, 6) is 0.452. The molecule has 2 aromatic rings. The van der Waals surface area contributed by atoms with Crippen LogP contribution in [0.3, 0.4) is 0 Å². The van der Waals surface area contributed by atoms with E-state index < -0.39 is 0 Å². The molecule has 0 spiro atoms. The molecule has 1 unspecified atom stereocenters. The first kappa shape index (κ1) is 14.7. The summed E-state index contributed by atoms with van der Waals surface area (Å²) >= 11 is 0. The van der Waals surface area contributed by atoms with E-state index in [0.717, 1.165) is 17.9 Å². The maximum atomic E-state index is 4.69. The zero-order valence-electron chi connectivity index (χ0n) is 13.0. The first-order chi connectivity index (χ1) is 9.50. The molecule has 1 N–H and O–H groups in total. The van der Waals surface area contributed by atoms with Gasteiger partial charge in [0, 0.05) is 36.2 Å². The Labute approximate surface area is 121 Å². The molecule has 2 aromatic heterocycles. The lowest BCUT2D eigenvalue weighted by atomic mass is 9.99. The van der Waals surface area contributed by atoms with Gasteiger partial charge in [-0.05, 0) is 31.9 Å². The van der Waals surface area contributed by atoms with Gasteiger partial charge in [-0.3, -0.25) is 4.98 Å². The molecule has 108 valence electrons. The molecule has 0 aromatic carbocycles. The Morgan fingerprint density at radius 1 is 1.15 bits per heavy atom. The van der Waals surface area contributed by atoms with Crippen LogP contribution in [0.25, 0.3) is 5.69 Å². The number of hydrogen-bond donors (Lipinski definition) is 1. The van der Waals surface area contributed by atoms with Crippen molar-refractivity contribution in [2.45, 2.75) is 46.6 Å². The highest BCUT2D eigenvalue weighted by Gasteiger charge is 2.18. The molecule has 0 saturated carbocycles. The Hall–Kier alpha value is -1.68. The van der Waals surface area contributed by atoms with Crippen molar-refractivity contribution < 1.29 is 0 Å². The van der Waals surface area contributed by atoms with Crippen LogP contribution in [0.2, 0.25) is 0 Å². The van der Waals surface area contributed by atoms with Gasteiger partial charge in [0.1, 0.15) is 0 Å². The van der Waals surface area contributed by atoms with E-state index in [1.54, 1.807) is 12.4 Å². The second-order valence-electron chi connectivity index (χ2n) is 5.67. The van der Waals surface area contributed by atoms with E-state index in [0.29, 0.717) is 12.0 Å². The first-order valence-corrected chi connectivity index (χ1v) is 7.20. The van der Waals surface area contributed by atoms with Crippen molar-refractivity contribution in [1.82, 2.24) is 20.1 Å². The van der Waals surface area contributed by atoms with Crippen molar-refractivity contribution in [1.29, 1.82) is 0 Å². The van der Waals surface area contributed by atoms with Crippen molar-refractivity contribution in [2.24, 2.45) is 0 Å². The smallest absolute Gasteiger partial charge is 0.0679 e. The minimum Gasteiger partial charge on any atom is -0.314 e. The van der Waals surface area contributed by atoms with Crippen LogP contribution in [0, 0.1) is 13.8 Å². The van der Waals surface area contributed by atoms with E-state index in [2.05, 4.69) is 50.0 Å². The Bertz CT molecular complexity index is 557. The van der Waals surface area contributed by atoms with Crippen molar-refractivity contribution in [3.63, 3.8) is 0 Å². The van der Waals surface area contributed by atoms with Crippen molar-refractivity contribution >= 4 is 0 Å². The zero-order chi connectivity index (χ0) is 14.7. The van der Waals surface area contributed by atoms with Gasteiger partial charge in [0.05, 0.1) is 11.4 Å². The van der Waals surface area contributed by atoms with Gasteiger partial charge in [-0.15, -0.1) is 0 Å². The summed E-state index contributed by atoms with van der Waals surface area (Å²) in [6.07, 6.45) is 3.60. The third-order valence-corrected chi connectivity index (χ3v) is 3.58. The molecule has 0 radical (unpaired) electrons. The molecule has 4 heteroatoms. The molecule has 4 nitrogen and oxygen atoms in total. The van der Waals surface area contributed by atoms with Gasteiger partial charge < -0.3 is 5.32 Å². The predicted octanol–water partition coefficient (Wildman–Crippen LogP) is 2.99. The third kappa shape index (κ3) is 3.07. The average molecular weight is 272 g/mol. The number of rotatable bonds is 5. The summed E-state index contributed by atoms with van der Waals surface area (Å²) in [5.41, 5.74) is 4.73. The summed E-state index contributed by atoms with van der Waals surface area (Å²) in [6.45, 7) is 11.8. The van der Waals surface area contributed by atoms with Crippen molar-refractivity contribution in [3.05, 3.63) is 41.5 Å². The van der Waals surface area contributed by atoms with Crippen LogP contribution < -0.4 is 5.32 Å². The first-order valence-electron chi connectivity index (χ1n) is 7.20. The van der Waals surface area contributed by atoms with E-state index in [1.165, 1.54) is 11.3 Å². The SMILES string of the molecule is Cc1nn(-c2ccncc2)c(C)c1C(C)CNC(C)C. The van der Waals surface area contributed by atoms with Crippen LogP contribution in [0.1, 0.15) is 43.6 Å². The lowest BCUT2D eigenvalue weighted by molar-refractivity contribution is 0.546. The summed E-state index contributed by atoms with van der Waals surface area (Å²) < 4.78 is 2.01. The largest absolute Gasteiger partial charge is 0.314 e. The fourth-order valence-electron chi connectivity index (χ4n) is 2.62. The van der Waals surface area contributed by atoms with Crippen LogP contribution in [0.5, 0.6) is 0 Å². The number of hydrogen-bond acceptors (Lipinski definition) is 3. The van der Waals surface area contributed by atoms with Crippen molar-refractivity contribution in [3.8, 4) is 5.69 Å². The highest BCUT2D eigenvalue weighted by atomic mass is 15.3. The second-order valence-corrected chi connectivity index (χ2v) is 5.67. The number of aryl methyl sites for hydroxylation is 1. The summed E-state index contributed by atoms with van der Waals surface area (Å²) in [5, 5.41) is 8.19. The normalized spacial score (nSPS) is 12.9. The topological polar surface area (TPSA) is 42.7 Å². The molecule has 2 heterocycles. The highest BCUT2D eigenvalue weighted by Crippen LogP contribution is 2.24. The molecule has 0 saturated heterocycles. The molecule has 0 bridgehead atoms. The minimum absolute atomic E-state index is 0.452. The Balaban J connectivity index is 2.30. The maximum absolute atomic E-state index is 4.69. The molecule has 0 aliphatic rings. The van der Waals surface area contributed by atoms with E-state index in [9.17, 15) is 0 Å². The standard InChI is InChI=1S/C16H24N4/c1-11(2)18-10-12(3)16-13(4)19-20(14(16)5)15-6-8-17-9-7-15/h6-9,11-12,18H,10H2,1-5H3. The molecule has 0 fully saturated rings. The molecule has 1 atom stereocenters. The summed E-state index contributed by atoms with van der Waals surface area (Å²) in [6, 6.07) is 4.48. The molecule has 0 aliphatic carbocycles. The monoisotopic (exact) mass is 272 g/mol. The van der Waals surface area contributed by atoms with Crippen LogP contribution in [-0.2, 0) is 0 Å². The summed E-state index contributed by atoms with van der Waals surface area (Å²) in [7, 11) is 0. The van der Waals surface area contributed by atoms with Crippen LogP contribution in [0.15, 0.2) is 24.5 Å². The van der Waals surface area contributed by atoms with E-state index in [4.69, 9.17) is 0 Å². The van der Waals surface area contributed by atoms with Gasteiger partial charge in [-0.1, -0.05) is 20.8 Å². The van der Waals surface area contributed by atoms with Crippen LogP contribution in [-0.4, -0.2) is 27.4 Å². The molecule has 0 aliphatic heterocycles. The Morgan fingerprint density at radius 2 is 1.80 bits per heavy atom. The lowest BCUT2D eigenvalue weighted by Crippen LogP contribution is -2.27. The predicted molar refractivity (Wildman–Crippen MR) is 82.4 cm³/mol. The fourth-order valence-corrected chi connectivity index (χ4v) is 2.62. The van der Waals surface area contributed by atoms with E-state index in [1.807, 2.05) is 16.8 Å². The molecule has 2 rings (SSSR count). The molecular formula is C16H24N4. The van der Waals surface area contributed by atoms with E-state index in [-0.39, 0.29) is 0 Å². The Kier molecular flexibility index (Phi) is 4.55. The Morgan fingerprint density at radius 3 is 2.40 bits per heavy atom. The maximum Gasteiger partial charge on any atom is 0.0679 e. The molecule has 20 heavy (non-hydrogen) atoms. The number of aromatic nitrogens is 3. The zero-order valence-corrected chi connectivity index (χ0v) is 13.0. The third-order valence-electron chi connectivity index (χ3n) is 3.58. The van der Waals surface area contributed by atoms with Gasteiger partial charge in [0.2, 0.25) is 0 Å². The van der Waals surface area contributed by atoms with Gasteiger partial charge >= 0.3 is 0 Å². The molecule has 0 amide bonds. The van der Waals surface area contributed by atoms with Gasteiger partial charge in [0.15, 0.2) is 0 Å². The average Bonchev–Trinajstić information content (AvgIpc) is 2.72. The second kappa shape index (κ2) is 6.18. The number of nitrogens with one attached hydrogen (secondary N) is 1. The molecular weight excluding hydrogens is 248 g/mol. The van der Waals surface area contributed by atoms with Crippen molar-refractivity contribution in [2.75, 3.05) is 6.54 Å².